The lowest BCUT2D eigenvalue weighted by Crippen LogP contribution is -2.49. The van der Waals surface area contributed by atoms with Gasteiger partial charge < -0.3 is 15.0 Å². The summed E-state index contributed by atoms with van der Waals surface area (Å²) in [7, 11) is 0. The van der Waals surface area contributed by atoms with E-state index in [0.717, 1.165) is 49.2 Å². The summed E-state index contributed by atoms with van der Waals surface area (Å²) in [6.45, 7) is 7.23. The molecule has 1 atom stereocenters. The van der Waals surface area contributed by atoms with Gasteiger partial charge in [0.05, 0.1) is 0 Å². The number of hydrogen-bond acceptors (Lipinski definition) is 3. The van der Waals surface area contributed by atoms with Crippen LogP contribution in [0.1, 0.15) is 60.5 Å². The Kier molecular flexibility index (Phi) is 7.04. The minimum absolute atomic E-state index is 0. The molecule has 1 unspecified atom stereocenters. The van der Waals surface area contributed by atoms with Crippen molar-refractivity contribution in [1.29, 1.82) is 0 Å². The molecule has 0 bridgehead atoms. The molecule has 4 nitrogen and oxygen atoms in total. The van der Waals surface area contributed by atoms with E-state index in [2.05, 4.69) is 5.32 Å². The van der Waals surface area contributed by atoms with Crippen LogP contribution in [0.2, 0.25) is 0 Å². The molecule has 6 heteroatoms. The number of nitrogens with one attached hydrogen (secondary N) is 1. The maximum Gasteiger partial charge on any atom is 0.253 e. The zero-order valence-corrected chi connectivity index (χ0v) is 18.4. The number of nitrogens with zero attached hydrogens (tertiary/aromatic N) is 1. The Morgan fingerprint density at radius 1 is 1.13 bits per heavy atom. The van der Waals surface area contributed by atoms with Crippen molar-refractivity contribution < 1.29 is 13.9 Å². The molecule has 0 aromatic heterocycles. The number of carbonyl (C=O) groups is 1. The standard InChI is InChI=1S/C24H29FN2O2.ClH/c1-3-27(4-2)23(28)18-7-5-17(6-8-18)21-16-24(11-13-26-14-12-24)29-22-10-9-19(25)15-20(21)22;/h5-10,15,21,26H,3-4,11-14,16H2,1-2H3;1H. The van der Waals surface area contributed by atoms with Gasteiger partial charge >= 0.3 is 0 Å². The fraction of sp³-hybridized carbons (Fsp3) is 0.458. The summed E-state index contributed by atoms with van der Waals surface area (Å²) >= 11 is 0. The molecule has 162 valence electrons. The van der Waals surface area contributed by atoms with E-state index >= 15 is 0 Å². The summed E-state index contributed by atoms with van der Waals surface area (Å²) in [4.78, 5) is 14.4. The van der Waals surface area contributed by atoms with Crippen molar-refractivity contribution in [3.63, 3.8) is 0 Å². The molecule has 4 rings (SSSR count). The van der Waals surface area contributed by atoms with Crippen LogP contribution >= 0.6 is 12.4 Å². The molecule has 1 saturated heterocycles. The number of rotatable bonds is 4. The molecule has 2 aliphatic rings. The number of hydrogen-bond donors (Lipinski definition) is 1. The Hall–Kier alpha value is -2.11. The highest BCUT2D eigenvalue weighted by molar-refractivity contribution is 5.94. The van der Waals surface area contributed by atoms with Crippen LogP contribution in [0.25, 0.3) is 0 Å². The Morgan fingerprint density at radius 3 is 2.43 bits per heavy atom. The van der Waals surface area contributed by atoms with Gasteiger partial charge in [-0.15, -0.1) is 12.4 Å². The van der Waals surface area contributed by atoms with Crippen LogP contribution in [0.3, 0.4) is 0 Å². The first-order valence-corrected chi connectivity index (χ1v) is 10.6. The minimum atomic E-state index is -0.244. The van der Waals surface area contributed by atoms with Crippen LogP contribution in [0.4, 0.5) is 4.39 Å². The first kappa shape index (κ1) is 22.6. The average Bonchev–Trinajstić information content (AvgIpc) is 2.75. The number of amides is 1. The molecule has 30 heavy (non-hydrogen) atoms. The van der Waals surface area contributed by atoms with E-state index in [1.807, 2.05) is 43.0 Å². The van der Waals surface area contributed by atoms with Gasteiger partial charge in [0.15, 0.2) is 0 Å². The highest BCUT2D eigenvalue weighted by atomic mass is 35.5. The smallest absolute Gasteiger partial charge is 0.253 e. The van der Waals surface area contributed by atoms with Crippen LogP contribution in [-0.4, -0.2) is 42.6 Å². The van der Waals surface area contributed by atoms with Crippen LogP contribution in [0, 0.1) is 5.82 Å². The zero-order valence-electron chi connectivity index (χ0n) is 17.6. The molecule has 2 heterocycles. The van der Waals surface area contributed by atoms with Crippen molar-refractivity contribution in [2.75, 3.05) is 26.2 Å². The van der Waals surface area contributed by atoms with E-state index in [-0.39, 0.29) is 35.7 Å². The van der Waals surface area contributed by atoms with Gasteiger partial charge in [0, 0.05) is 30.1 Å². The topological polar surface area (TPSA) is 41.6 Å². The molecule has 1 spiro atoms. The highest BCUT2D eigenvalue weighted by Gasteiger charge is 2.42. The summed E-state index contributed by atoms with van der Waals surface area (Å²) in [5.41, 5.74) is 2.49. The summed E-state index contributed by atoms with van der Waals surface area (Å²) in [5.74, 6) is 0.653. The molecule has 2 aromatic carbocycles. The summed E-state index contributed by atoms with van der Waals surface area (Å²) in [6, 6.07) is 12.7. The molecule has 0 radical (unpaired) electrons. The van der Waals surface area contributed by atoms with Crippen LogP contribution in [-0.2, 0) is 0 Å². The number of halogens is 2. The third-order valence-corrected chi connectivity index (χ3v) is 6.38. The van der Waals surface area contributed by atoms with E-state index in [9.17, 15) is 9.18 Å². The van der Waals surface area contributed by atoms with Gasteiger partial charge in [-0.25, -0.2) is 4.39 Å². The molecule has 0 aliphatic carbocycles. The molecule has 0 saturated carbocycles. The van der Waals surface area contributed by atoms with Gasteiger partial charge in [-0.3, -0.25) is 4.79 Å². The third kappa shape index (κ3) is 4.33. The summed E-state index contributed by atoms with van der Waals surface area (Å²) in [6.07, 6.45) is 2.71. The Balaban J connectivity index is 0.00000256. The number of piperidine rings is 1. The van der Waals surface area contributed by atoms with Crippen LogP contribution in [0.5, 0.6) is 5.75 Å². The van der Waals surface area contributed by atoms with E-state index in [1.165, 1.54) is 6.07 Å². The SMILES string of the molecule is CCN(CC)C(=O)c1ccc(C2CC3(CCNCC3)Oc3ccc(F)cc32)cc1.Cl. The maximum absolute atomic E-state index is 14.0. The highest BCUT2D eigenvalue weighted by Crippen LogP contribution is 2.47. The van der Waals surface area contributed by atoms with E-state index < -0.39 is 0 Å². The molecule has 2 aromatic rings. The maximum atomic E-state index is 14.0. The molecule has 1 amide bonds. The minimum Gasteiger partial charge on any atom is -0.487 e. The van der Waals surface area contributed by atoms with Crippen molar-refractivity contribution in [3.05, 3.63) is 65.0 Å². The lowest BCUT2D eigenvalue weighted by molar-refractivity contribution is 0.0112. The van der Waals surface area contributed by atoms with Crippen molar-refractivity contribution in [2.24, 2.45) is 0 Å². The fourth-order valence-corrected chi connectivity index (χ4v) is 4.68. The normalized spacial score (nSPS) is 19.4. The van der Waals surface area contributed by atoms with E-state index in [4.69, 9.17) is 4.74 Å². The van der Waals surface area contributed by atoms with Crippen molar-refractivity contribution in [1.82, 2.24) is 10.2 Å². The molecule has 1 fully saturated rings. The third-order valence-electron chi connectivity index (χ3n) is 6.38. The van der Waals surface area contributed by atoms with Crippen LogP contribution < -0.4 is 10.1 Å². The Bertz CT molecular complexity index is 877. The molecule has 2 aliphatic heterocycles. The Morgan fingerprint density at radius 2 is 1.80 bits per heavy atom. The number of benzene rings is 2. The first-order valence-electron chi connectivity index (χ1n) is 10.6. The van der Waals surface area contributed by atoms with Gasteiger partial charge in [0.25, 0.3) is 5.91 Å². The van der Waals surface area contributed by atoms with Crippen molar-refractivity contribution in [3.8, 4) is 5.75 Å². The average molecular weight is 433 g/mol. The van der Waals surface area contributed by atoms with E-state index in [0.29, 0.717) is 18.7 Å². The molecular weight excluding hydrogens is 403 g/mol. The second kappa shape index (κ2) is 9.36. The second-order valence-corrected chi connectivity index (χ2v) is 8.07. The van der Waals surface area contributed by atoms with Crippen molar-refractivity contribution >= 4 is 18.3 Å². The second-order valence-electron chi connectivity index (χ2n) is 8.07. The monoisotopic (exact) mass is 432 g/mol. The fourth-order valence-electron chi connectivity index (χ4n) is 4.68. The summed E-state index contributed by atoms with van der Waals surface area (Å²) in [5, 5.41) is 3.40. The van der Waals surface area contributed by atoms with Gasteiger partial charge in [-0.1, -0.05) is 12.1 Å². The van der Waals surface area contributed by atoms with Crippen molar-refractivity contribution in [2.45, 2.75) is 44.6 Å². The summed E-state index contributed by atoms with van der Waals surface area (Å²) < 4.78 is 20.5. The zero-order chi connectivity index (χ0) is 20.4. The first-order chi connectivity index (χ1) is 14.0. The lowest BCUT2D eigenvalue weighted by atomic mass is 9.75. The number of carbonyl (C=O) groups excluding carboxylic acids is 1. The van der Waals surface area contributed by atoms with Gasteiger partial charge in [-0.05, 0) is 82.1 Å². The predicted octanol–water partition coefficient (Wildman–Crippen LogP) is 4.77. The van der Waals surface area contributed by atoms with Gasteiger partial charge in [-0.2, -0.15) is 0 Å². The molecular formula is C24H30ClFN2O2. The van der Waals surface area contributed by atoms with E-state index in [1.54, 1.807) is 12.1 Å². The predicted molar refractivity (Wildman–Crippen MR) is 119 cm³/mol. The number of ether oxygens (including phenoxy) is 1. The van der Waals surface area contributed by atoms with Gasteiger partial charge in [0.2, 0.25) is 0 Å². The van der Waals surface area contributed by atoms with Gasteiger partial charge in [0.1, 0.15) is 17.2 Å². The molecule has 1 N–H and O–H groups in total. The number of fused-ring (bicyclic) bond motifs is 1. The quantitative estimate of drug-likeness (QED) is 0.756. The lowest BCUT2D eigenvalue weighted by Gasteiger charge is -2.45. The Labute approximate surface area is 184 Å². The largest absolute Gasteiger partial charge is 0.487 e. The van der Waals surface area contributed by atoms with Crippen LogP contribution in [0.15, 0.2) is 42.5 Å².